The summed E-state index contributed by atoms with van der Waals surface area (Å²) in [7, 11) is -3.42. The van der Waals surface area contributed by atoms with Crippen molar-refractivity contribution in [2.45, 2.75) is 58.0 Å². The van der Waals surface area contributed by atoms with Crippen LogP contribution in [0.1, 0.15) is 44.7 Å². The van der Waals surface area contributed by atoms with E-state index in [-0.39, 0.29) is 11.5 Å². The van der Waals surface area contributed by atoms with E-state index < -0.39 is 10.0 Å². The largest absolute Gasteiger partial charge is 0.313 e. The van der Waals surface area contributed by atoms with Crippen molar-refractivity contribution in [1.29, 1.82) is 0 Å². The van der Waals surface area contributed by atoms with Crippen LogP contribution in [-0.4, -0.2) is 21.0 Å². The lowest BCUT2D eigenvalue weighted by atomic mass is 10.1. The van der Waals surface area contributed by atoms with Crippen LogP contribution >= 0.6 is 0 Å². The molecule has 2 rings (SSSR count). The second-order valence-corrected chi connectivity index (χ2v) is 8.35. The van der Waals surface area contributed by atoms with Gasteiger partial charge in [-0.3, -0.25) is 0 Å². The highest BCUT2D eigenvalue weighted by Gasteiger charge is 2.47. The van der Waals surface area contributed by atoms with Gasteiger partial charge in [-0.15, -0.1) is 0 Å². The summed E-state index contributed by atoms with van der Waals surface area (Å²) in [6.45, 7) is 9.92. The van der Waals surface area contributed by atoms with Gasteiger partial charge in [-0.1, -0.05) is 26.8 Å². The predicted octanol–water partition coefficient (Wildman–Crippen LogP) is 2.57. The van der Waals surface area contributed by atoms with E-state index in [0.29, 0.717) is 11.4 Å². The highest BCUT2D eigenvalue weighted by molar-refractivity contribution is 7.89. The SMILES string of the molecule is CCCNCc1cc(S(=O)(=O)NC2CC2(C)C)ccc1C. The molecule has 21 heavy (non-hydrogen) atoms. The monoisotopic (exact) mass is 310 g/mol. The first-order chi connectivity index (χ1) is 9.76. The van der Waals surface area contributed by atoms with Crippen LogP contribution in [0.4, 0.5) is 0 Å². The predicted molar refractivity (Wildman–Crippen MR) is 85.7 cm³/mol. The molecule has 0 heterocycles. The normalized spacial score (nSPS) is 20.5. The van der Waals surface area contributed by atoms with Crippen molar-refractivity contribution in [2.24, 2.45) is 5.41 Å². The van der Waals surface area contributed by atoms with Crippen LogP contribution < -0.4 is 10.0 Å². The van der Waals surface area contributed by atoms with Crippen LogP contribution in [0.15, 0.2) is 23.1 Å². The smallest absolute Gasteiger partial charge is 0.240 e. The molecule has 118 valence electrons. The molecule has 0 aromatic heterocycles. The Labute approximate surface area is 128 Å². The Morgan fingerprint density at radius 2 is 2.00 bits per heavy atom. The summed E-state index contributed by atoms with van der Waals surface area (Å²) in [6, 6.07) is 5.42. The summed E-state index contributed by atoms with van der Waals surface area (Å²) in [5.41, 5.74) is 2.24. The molecule has 4 nitrogen and oxygen atoms in total. The Morgan fingerprint density at radius 3 is 2.57 bits per heavy atom. The maximum Gasteiger partial charge on any atom is 0.240 e. The van der Waals surface area contributed by atoms with E-state index in [0.717, 1.165) is 30.5 Å². The molecular weight excluding hydrogens is 284 g/mol. The van der Waals surface area contributed by atoms with Crippen molar-refractivity contribution in [2.75, 3.05) is 6.54 Å². The number of nitrogens with one attached hydrogen (secondary N) is 2. The molecule has 1 atom stereocenters. The van der Waals surface area contributed by atoms with Crippen molar-refractivity contribution in [3.8, 4) is 0 Å². The van der Waals surface area contributed by atoms with Crippen molar-refractivity contribution in [1.82, 2.24) is 10.0 Å². The summed E-state index contributed by atoms with van der Waals surface area (Å²) >= 11 is 0. The molecule has 0 aliphatic heterocycles. The summed E-state index contributed by atoms with van der Waals surface area (Å²) in [5, 5.41) is 3.32. The van der Waals surface area contributed by atoms with Gasteiger partial charge in [-0.25, -0.2) is 13.1 Å². The van der Waals surface area contributed by atoms with Gasteiger partial charge in [-0.05, 0) is 55.0 Å². The van der Waals surface area contributed by atoms with Gasteiger partial charge in [0.1, 0.15) is 0 Å². The van der Waals surface area contributed by atoms with Crippen molar-refractivity contribution >= 4 is 10.0 Å². The van der Waals surface area contributed by atoms with E-state index in [2.05, 4.69) is 30.8 Å². The van der Waals surface area contributed by atoms with Gasteiger partial charge >= 0.3 is 0 Å². The molecule has 1 saturated carbocycles. The molecule has 0 radical (unpaired) electrons. The Kier molecular flexibility index (Phi) is 4.76. The lowest BCUT2D eigenvalue weighted by molar-refractivity contribution is 0.554. The molecule has 1 aliphatic carbocycles. The van der Waals surface area contributed by atoms with Crippen LogP contribution in [0.5, 0.6) is 0 Å². The Hall–Kier alpha value is -0.910. The van der Waals surface area contributed by atoms with Crippen molar-refractivity contribution in [3.05, 3.63) is 29.3 Å². The van der Waals surface area contributed by atoms with Gasteiger partial charge in [0.25, 0.3) is 0 Å². The quantitative estimate of drug-likeness (QED) is 0.761. The molecule has 0 bridgehead atoms. The first-order valence-corrected chi connectivity index (χ1v) is 9.07. The van der Waals surface area contributed by atoms with Gasteiger partial charge in [0.05, 0.1) is 4.90 Å². The molecule has 1 unspecified atom stereocenters. The van der Waals surface area contributed by atoms with Gasteiger partial charge in [0, 0.05) is 12.6 Å². The van der Waals surface area contributed by atoms with Gasteiger partial charge in [0.2, 0.25) is 10.0 Å². The molecule has 1 aliphatic rings. The maximum absolute atomic E-state index is 12.4. The molecule has 0 spiro atoms. The van der Waals surface area contributed by atoms with E-state index in [1.165, 1.54) is 0 Å². The van der Waals surface area contributed by atoms with Crippen LogP contribution in [-0.2, 0) is 16.6 Å². The molecular formula is C16H26N2O2S. The van der Waals surface area contributed by atoms with Crippen LogP contribution in [0.3, 0.4) is 0 Å². The van der Waals surface area contributed by atoms with Crippen LogP contribution in [0.2, 0.25) is 0 Å². The highest BCUT2D eigenvalue weighted by atomic mass is 32.2. The van der Waals surface area contributed by atoms with Crippen molar-refractivity contribution < 1.29 is 8.42 Å². The number of sulfonamides is 1. The van der Waals surface area contributed by atoms with Crippen LogP contribution in [0, 0.1) is 12.3 Å². The maximum atomic E-state index is 12.4. The standard InChI is InChI=1S/C16H26N2O2S/c1-5-8-17-11-13-9-14(7-6-12(13)2)21(19,20)18-15-10-16(15,3)4/h6-7,9,15,17-18H,5,8,10-11H2,1-4H3. The third-order valence-corrected chi connectivity index (χ3v) is 5.65. The first-order valence-electron chi connectivity index (χ1n) is 7.59. The van der Waals surface area contributed by atoms with E-state index in [4.69, 9.17) is 0 Å². The minimum atomic E-state index is -3.42. The average Bonchev–Trinajstić information content (AvgIpc) is 2.97. The Bertz CT molecular complexity index is 609. The highest BCUT2D eigenvalue weighted by Crippen LogP contribution is 2.45. The molecule has 1 aromatic rings. The zero-order valence-corrected chi connectivity index (χ0v) is 14.2. The molecule has 1 fully saturated rings. The van der Waals surface area contributed by atoms with Crippen LogP contribution in [0.25, 0.3) is 0 Å². The fourth-order valence-electron chi connectivity index (χ4n) is 2.33. The van der Waals surface area contributed by atoms with E-state index in [9.17, 15) is 8.42 Å². The molecule has 2 N–H and O–H groups in total. The topological polar surface area (TPSA) is 58.2 Å². The van der Waals surface area contributed by atoms with E-state index in [1.807, 2.05) is 13.0 Å². The molecule has 5 heteroatoms. The Morgan fingerprint density at radius 1 is 1.33 bits per heavy atom. The minimum absolute atomic E-state index is 0.0606. The second kappa shape index (κ2) is 6.07. The number of benzene rings is 1. The number of hydrogen-bond donors (Lipinski definition) is 2. The zero-order valence-electron chi connectivity index (χ0n) is 13.4. The minimum Gasteiger partial charge on any atom is -0.313 e. The molecule has 0 saturated heterocycles. The summed E-state index contributed by atoms with van der Waals surface area (Å²) in [4.78, 5) is 0.365. The zero-order chi connectivity index (χ0) is 15.7. The lowest BCUT2D eigenvalue weighted by Gasteiger charge is -2.12. The van der Waals surface area contributed by atoms with Gasteiger partial charge < -0.3 is 5.32 Å². The van der Waals surface area contributed by atoms with Gasteiger partial charge in [-0.2, -0.15) is 0 Å². The third-order valence-electron chi connectivity index (χ3n) is 4.18. The van der Waals surface area contributed by atoms with Gasteiger partial charge in [0.15, 0.2) is 0 Å². The third kappa shape index (κ3) is 4.05. The summed E-state index contributed by atoms with van der Waals surface area (Å²) < 4.78 is 27.7. The molecule has 1 aromatic carbocycles. The summed E-state index contributed by atoms with van der Waals surface area (Å²) in [6.07, 6.45) is 1.97. The van der Waals surface area contributed by atoms with E-state index in [1.54, 1.807) is 12.1 Å². The molecule has 0 amide bonds. The fraction of sp³-hybridized carbons (Fsp3) is 0.625. The second-order valence-electron chi connectivity index (χ2n) is 6.63. The fourth-order valence-corrected chi connectivity index (χ4v) is 3.79. The number of rotatable bonds is 7. The van der Waals surface area contributed by atoms with E-state index >= 15 is 0 Å². The number of aryl methyl sites for hydroxylation is 1. The lowest BCUT2D eigenvalue weighted by Crippen LogP contribution is -2.28. The van der Waals surface area contributed by atoms with Crippen molar-refractivity contribution in [3.63, 3.8) is 0 Å². The Balaban J connectivity index is 2.13. The first kappa shape index (κ1) is 16.5. The summed E-state index contributed by atoms with van der Waals surface area (Å²) in [5.74, 6) is 0. The average molecular weight is 310 g/mol. The number of hydrogen-bond acceptors (Lipinski definition) is 3.